The van der Waals surface area contributed by atoms with Gasteiger partial charge in [0.05, 0.1) is 12.0 Å². The van der Waals surface area contributed by atoms with E-state index in [1.807, 2.05) is 12.1 Å². The molecule has 0 amide bonds. The molecule has 29 heavy (non-hydrogen) atoms. The molecule has 152 valence electrons. The fourth-order valence-corrected chi connectivity index (χ4v) is 4.34. The smallest absolute Gasteiger partial charge is 0.270 e. The summed E-state index contributed by atoms with van der Waals surface area (Å²) in [6.07, 6.45) is 3.79. The molecule has 1 aromatic heterocycles. The summed E-state index contributed by atoms with van der Waals surface area (Å²) in [4.78, 5) is 14.3. The standard InChI is InChI=1S/C22H25N3O4/c1-13(10-14-6-9-20(26)21(11-14)29-2)23-19-5-3-4-16-17-12-15(25(27)28)7-8-18(17)24-22(16)19/h6-9,11-13,19,23-24,26H,3-5,10H2,1-2H3/t13-,19-/m0/s1. The van der Waals surface area contributed by atoms with Crippen LogP contribution in [0.15, 0.2) is 36.4 Å². The number of phenols is 1. The minimum Gasteiger partial charge on any atom is -0.504 e. The zero-order valence-corrected chi connectivity index (χ0v) is 16.6. The van der Waals surface area contributed by atoms with Crippen molar-refractivity contribution in [2.45, 2.75) is 44.7 Å². The van der Waals surface area contributed by atoms with Crippen LogP contribution in [0.5, 0.6) is 11.5 Å². The van der Waals surface area contributed by atoms with Crippen LogP contribution in [0.4, 0.5) is 5.69 Å². The van der Waals surface area contributed by atoms with Crippen LogP contribution in [0.25, 0.3) is 10.9 Å². The lowest BCUT2D eigenvalue weighted by Crippen LogP contribution is -2.34. The summed E-state index contributed by atoms with van der Waals surface area (Å²) in [6.45, 7) is 2.14. The van der Waals surface area contributed by atoms with Crippen molar-refractivity contribution < 1.29 is 14.8 Å². The normalized spacial score (nSPS) is 17.1. The largest absolute Gasteiger partial charge is 0.504 e. The number of hydrogen-bond acceptors (Lipinski definition) is 5. The number of benzene rings is 2. The van der Waals surface area contributed by atoms with Gasteiger partial charge in [0.2, 0.25) is 0 Å². The van der Waals surface area contributed by atoms with Crippen LogP contribution in [-0.4, -0.2) is 28.2 Å². The molecule has 2 aromatic carbocycles. The van der Waals surface area contributed by atoms with Crippen molar-refractivity contribution in [1.29, 1.82) is 0 Å². The highest BCUT2D eigenvalue weighted by Crippen LogP contribution is 2.36. The summed E-state index contributed by atoms with van der Waals surface area (Å²) in [7, 11) is 1.55. The second-order valence-corrected chi connectivity index (χ2v) is 7.73. The van der Waals surface area contributed by atoms with E-state index < -0.39 is 0 Å². The van der Waals surface area contributed by atoms with E-state index in [2.05, 4.69) is 17.2 Å². The average molecular weight is 395 g/mol. The molecule has 0 saturated heterocycles. The molecule has 0 spiro atoms. The maximum atomic E-state index is 11.1. The molecule has 0 saturated carbocycles. The van der Waals surface area contributed by atoms with Gasteiger partial charge in [0.25, 0.3) is 5.69 Å². The first-order valence-corrected chi connectivity index (χ1v) is 9.87. The number of non-ortho nitro benzene ring substituents is 1. The molecule has 0 aliphatic heterocycles. The lowest BCUT2D eigenvalue weighted by molar-refractivity contribution is -0.384. The maximum Gasteiger partial charge on any atom is 0.270 e. The number of methoxy groups -OCH3 is 1. The van der Waals surface area contributed by atoms with Crippen molar-refractivity contribution in [3.05, 3.63) is 63.3 Å². The number of aromatic amines is 1. The molecule has 0 unspecified atom stereocenters. The molecular formula is C22H25N3O4. The van der Waals surface area contributed by atoms with Crippen molar-refractivity contribution >= 4 is 16.6 Å². The van der Waals surface area contributed by atoms with E-state index in [0.29, 0.717) is 5.75 Å². The monoisotopic (exact) mass is 395 g/mol. The summed E-state index contributed by atoms with van der Waals surface area (Å²) in [5, 5.41) is 25.6. The second kappa shape index (κ2) is 7.75. The first-order valence-electron chi connectivity index (χ1n) is 9.87. The van der Waals surface area contributed by atoms with E-state index in [1.165, 1.54) is 5.56 Å². The van der Waals surface area contributed by atoms with Crippen LogP contribution >= 0.6 is 0 Å². The van der Waals surface area contributed by atoms with Gasteiger partial charge in [-0.15, -0.1) is 0 Å². The fraction of sp³-hybridized carbons (Fsp3) is 0.364. The predicted molar refractivity (Wildman–Crippen MR) is 112 cm³/mol. The number of rotatable bonds is 6. The Labute approximate surface area is 168 Å². The molecule has 1 aliphatic carbocycles. The van der Waals surface area contributed by atoms with Gasteiger partial charge in [-0.05, 0) is 61.9 Å². The van der Waals surface area contributed by atoms with E-state index in [1.54, 1.807) is 31.4 Å². The Morgan fingerprint density at radius 2 is 2.17 bits per heavy atom. The van der Waals surface area contributed by atoms with Gasteiger partial charge in [0, 0.05) is 40.8 Å². The third kappa shape index (κ3) is 3.78. The van der Waals surface area contributed by atoms with Crippen molar-refractivity contribution in [2.75, 3.05) is 7.11 Å². The molecule has 7 nitrogen and oxygen atoms in total. The number of nitrogens with one attached hydrogen (secondary N) is 2. The fourth-order valence-electron chi connectivity index (χ4n) is 4.34. The Morgan fingerprint density at radius 3 is 2.93 bits per heavy atom. The highest BCUT2D eigenvalue weighted by Gasteiger charge is 2.26. The number of aromatic hydroxyl groups is 1. The number of H-pyrrole nitrogens is 1. The van der Waals surface area contributed by atoms with Gasteiger partial charge >= 0.3 is 0 Å². The Bertz CT molecular complexity index is 1060. The van der Waals surface area contributed by atoms with Crippen molar-refractivity contribution in [3.63, 3.8) is 0 Å². The number of aromatic nitrogens is 1. The van der Waals surface area contributed by atoms with Crippen molar-refractivity contribution in [2.24, 2.45) is 0 Å². The molecular weight excluding hydrogens is 370 g/mol. The van der Waals surface area contributed by atoms with E-state index in [0.717, 1.165) is 47.8 Å². The summed E-state index contributed by atoms with van der Waals surface area (Å²) in [5.74, 6) is 0.618. The van der Waals surface area contributed by atoms with Gasteiger partial charge in [-0.3, -0.25) is 10.1 Å². The topological polar surface area (TPSA) is 100 Å². The summed E-state index contributed by atoms with van der Waals surface area (Å²) >= 11 is 0. The van der Waals surface area contributed by atoms with Gasteiger partial charge in [-0.1, -0.05) is 6.07 Å². The number of ether oxygens (including phenoxy) is 1. The van der Waals surface area contributed by atoms with Crippen LogP contribution in [0, 0.1) is 10.1 Å². The number of nitrogens with zero attached hydrogens (tertiary/aromatic N) is 1. The van der Waals surface area contributed by atoms with E-state index in [9.17, 15) is 15.2 Å². The van der Waals surface area contributed by atoms with Gasteiger partial charge in [-0.25, -0.2) is 0 Å². The third-order valence-electron chi connectivity index (χ3n) is 5.67. The first kappa shape index (κ1) is 19.3. The zero-order valence-electron chi connectivity index (χ0n) is 16.6. The molecule has 0 bridgehead atoms. The summed E-state index contributed by atoms with van der Waals surface area (Å²) in [6, 6.07) is 10.8. The minimum absolute atomic E-state index is 0.129. The number of hydrogen-bond donors (Lipinski definition) is 3. The molecule has 1 heterocycles. The van der Waals surface area contributed by atoms with Crippen molar-refractivity contribution in [3.8, 4) is 11.5 Å². The van der Waals surface area contributed by atoms with Crippen LogP contribution < -0.4 is 10.1 Å². The molecule has 1 aliphatic rings. The number of phenolic OH excluding ortho intramolecular Hbond substituents is 1. The first-order chi connectivity index (χ1) is 14.0. The number of aryl methyl sites for hydroxylation is 1. The Hall–Kier alpha value is -3.06. The summed E-state index contributed by atoms with van der Waals surface area (Å²) in [5.41, 5.74) is 4.49. The SMILES string of the molecule is COc1cc(C[C@H](C)N[C@H]2CCCc3c2[nH]c2ccc([N+](=O)[O-])cc32)ccc1O. The van der Waals surface area contributed by atoms with Crippen LogP contribution in [0.1, 0.15) is 42.6 Å². The number of nitro groups is 1. The molecule has 2 atom stereocenters. The van der Waals surface area contributed by atoms with Crippen LogP contribution in [0.3, 0.4) is 0 Å². The van der Waals surface area contributed by atoms with Crippen LogP contribution in [-0.2, 0) is 12.8 Å². The van der Waals surface area contributed by atoms with E-state index >= 15 is 0 Å². The predicted octanol–water partition coefficient (Wildman–Crippen LogP) is 4.39. The molecule has 3 N–H and O–H groups in total. The Kier molecular flexibility index (Phi) is 5.15. The Morgan fingerprint density at radius 1 is 1.34 bits per heavy atom. The Balaban J connectivity index is 1.55. The highest BCUT2D eigenvalue weighted by atomic mass is 16.6. The van der Waals surface area contributed by atoms with Gasteiger partial charge in [0.1, 0.15) is 0 Å². The number of nitro benzene ring substituents is 1. The maximum absolute atomic E-state index is 11.1. The molecule has 7 heteroatoms. The molecule has 3 aromatic rings. The molecule has 0 radical (unpaired) electrons. The van der Waals surface area contributed by atoms with Gasteiger partial charge in [0.15, 0.2) is 11.5 Å². The van der Waals surface area contributed by atoms with Gasteiger partial charge in [-0.2, -0.15) is 0 Å². The van der Waals surface area contributed by atoms with Crippen LogP contribution in [0.2, 0.25) is 0 Å². The minimum atomic E-state index is -0.342. The van der Waals surface area contributed by atoms with E-state index in [-0.39, 0.29) is 28.4 Å². The summed E-state index contributed by atoms with van der Waals surface area (Å²) < 4.78 is 5.20. The number of fused-ring (bicyclic) bond motifs is 3. The van der Waals surface area contributed by atoms with Crippen molar-refractivity contribution in [1.82, 2.24) is 10.3 Å². The third-order valence-corrected chi connectivity index (χ3v) is 5.67. The zero-order chi connectivity index (χ0) is 20.5. The van der Waals surface area contributed by atoms with E-state index in [4.69, 9.17) is 4.74 Å². The average Bonchev–Trinajstić information content (AvgIpc) is 3.08. The highest BCUT2D eigenvalue weighted by molar-refractivity contribution is 5.87. The molecule has 0 fully saturated rings. The quantitative estimate of drug-likeness (QED) is 0.425. The lowest BCUT2D eigenvalue weighted by atomic mass is 9.91. The second-order valence-electron chi connectivity index (χ2n) is 7.73. The molecule has 4 rings (SSSR count). The lowest BCUT2D eigenvalue weighted by Gasteiger charge is -2.27. The van der Waals surface area contributed by atoms with Gasteiger partial charge < -0.3 is 20.1 Å².